The molecule has 3 rings (SSSR count). The highest BCUT2D eigenvalue weighted by Crippen LogP contribution is 2.18. The summed E-state index contributed by atoms with van der Waals surface area (Å²) < 4.78 is 0. The molecule has 68 valence electrons. The summed E-state index contributed by atoms with van der Waals surface area (Å²) in [6.07, 6.45) is 3.07. The van der Waals surface area contributed by atoms with Gasteiger partial charge in [-0.3, -0.25) is 9.89 Å². The lowest BCUT2D eigenvalue weighted by molar-refractivity contribution is 1.12. The molecule has 0 unspecified atom stereocenters. The van der Waals surface area contributed by atoms with Gasteiger partial charge in [-0.25, -0.2) is 4.98 Å². The van der Waals surface area contributed by atoms with Gasteiger partial charge in [0.15, 0.2) is 0 Å². The van der Waals surface area contributed by atoms with Crippen LogP contribution in [0.25, 0.3) is 21.8 Å². The third kappa shape index (κ3) is 0.806. The predicted octanol–water partition coefficient (Wildman–Crippen LogP) is 0.799. The van der Waals surface area contributed by atoms with Crippen LogP contribution >= 0.6 is 0 Å². The van der Waals surface area contributed by atoms with Crippen molar-refractivity contribution in [2.75, 3.05) is 0 Å². The van der Waals surface area contributed by atoms with E-state index in [-0.39, 0.29) is 5.56 Å². The normalized spacial score (nSPS) is 11.1. The highest BCUT2D eigenvalue weighted by atomic mass is 16.1. The Kier molecular flexibility index (Phi) is 1.25. The molecule has 1 aromatic carbocycles. The van der Waals surface area contributed by atoms with Crippen LogP contribution in [-0.4, -0.2) is 20.2 Å². The summed E-state index contributed by atoms with van der Waals surface area (Å²) in [5.41, 5.74) is 1.44. The minimum absolute atomic E-state index is 0.127. The van der Waals surface area contributed by atoms with Crippen molar-refractivity contribution in [1.82, 2.24) is 20.2 Å². The molecule has 0 aliphatic rings. The van der Waals surface area contributed by atoms with Gasteiger partial charge in [0.25, 0.3) is 5.56 Å². The molecule has 3 aromatic rings. The standard InChI is InChI=1S/C9H6N4O/c14-9-5-1-2-7-6(3-12-13-7)8(5)10-4-11-9/h1-4H,(H,12,13)(H,10,11,14). The zero-order valence-electron chi connectivity index (χ0n) is 7.11. The summed E-state index contributed by atoms with van der Waals surface area (Å²) in [6.45, 7) is 0. The van der Waals surface area contributed by atoms with Gasteiger partial charge in [-0.05, 0) is 12.1 Å². The Morgan fingerprint density at radius 2 is 2.14 bits per heavy atom. The highest BCUT2D eigenvalue weighted by molar-refractivity contribution is 6.02. The van der Waals surface area contributed by atoms with Crippen molar-refractivity contribution in [3.8, 4) is 0 Å². The average molecular weight is 186 g/mol. The largest absolute Gasteiger partial charge is 0.313 e. The van der Waals surface area contributed by atoms with Crippen LogP contribution in [-0.2, 0) is 0 Å². The molecule has 0 fully saturated rings. The van der Waals surface area contributed by atoms with Crippen molar-refractivity contribution in [3.05, 3.63) is 35.0 Å². The summed E-state index contributed by atoms with van der Waals surface area (Å²) in [6, 6.07) is 3.56. The number of nitrogens with zero attached hydrogens (tertiary/aromatic N) is 2. The third-order valence-electron chi connectivity index (χ3n) is 2.23. The fraction of sp³-hybridized carbons (Fsp3) is 0. The van der Waals surface area contributed by atoms with Gasteiger partial charge in [0, 0.05) is 5.39 Å². The van der Waals surface area contributed by atoms with E-state index in [0.717, 1.165) is 10.9 Å². The zero-order chi connectivity index (χ0) is 9.54. The van der Waals surface area contributed by atoms with Gasteiger partial charge in [0.05, 0.1) is 28.9 Å². The van der Waals surface area contributed by atoms with Gasteiger partial charge in [-0.15, -0.1) is 0 Å². The minimum Gasteiger partial charge on any atom is -0.313 e. The number of aromatic nitrogens is 4. The number of nitrogens with one attached hydrogen (secondary N) is 2. The first-order valence-corrected chi connectivity index (χ1v) is 4.16. The van der Waals surface area contributed by atoms with Crippen molar-refractivity contribution in [2.45, 2.75) is 0 Å². The Bertz CT molecular complexity index is 667. The number of benzene rings is 1. The second-order valence-corrected chi connectivity index (χ2v) is 3.02. The van der Waals surface area contributed by atoms with E-state index in [0.29, 0.717) is 10.9 Å². The van der Waals surface area contributed by atoms with Gasteiger partial charge < -0.3 is 4.98 Å². The summed E-state index contributed by atoms with van der Waals surface area (Å²) in [4.78, 5) is 18.1. The van der Waals surface area contributed by atoms with E-state index in [1.54, 1.807) is 12.3 Å². The molecule has 0 saturated carbocycles. The number of aromatic amines is 2. The van der Waals surface area contributed by atoms with Crippen molar-refractivity contribution in [3.63, 3.8) is 0 Å². The molecule has 0 saturated heterocycles. The van der Waals surface area contributed by atoms with Gasteiger partial charge in [0.2, 0.25) is 0 Å². The van der Waals surface area contributed by atoms with Crippen LogP contribution in [0.4, 0.5) is 0 Å². The Morgan fingerprint density at radius 3 is 3.07 bits per heavy atom. The number of H-pyrrole nitrogens is 2. The number of fused-ring (bicyclic) bond motifs is 3. The number of rotatable bonds is 0. The van der Waals surface area contributed by atoms with Crippen LogP contribution in [0.15, 0.2) is 29.5 Å². The smallest absolute Gasteiger partial charge is 0.258 e. The maximum absolute atomic E-state index is 11.4. The molecule has 5 nitrogen and oxygen atoms in total. The van der Waals surface area contributed by atoms with E-state index in [1.807, 2.05) is 6.07 Å². The Labute approximate surface area is 77.8 Å². The Hall–Kier alpha value is -2.17. The zero-order valence-corrected chi connectivity index (χ0v) is 7.11. The van der Waals surface area contributed by atoms with Crippen LogP contribution in [0.1, 0.15) is 0 Å². The molecule has 0 amide bonds. The quantitative estimate of drug-likeness (QED) is 0.545. The van der Waals surface area contributed by atoms with E-state index in [4.69, 9.17) is 0 Å². The maximum Gasteiger partial charge on any atom is 0.258 e. The summed E-state index contributed by atoms with van der Waals surface area (Å²) in [5.74, 6) is 0. The van der Waals surface area contributed by atoms with E-state index in [1.165, 1.54) is 6.33 Å². The molecule has 0 bridgehead atoms. The fourth-order valence-electron chi connectivity index (χ4n) is 1.56. The van der Waals surface area contributed by atoms with Crippen LogP contribution < -0.4 is 5.56 Å². The number of hydrogen-bond acceptors (Lipinski definition) is 3. The molecular formula is C9H6N4O. The monoisotopic (exact) mass is 186 g/mol. The third-order valence-corrected chi connectivity index (χ3v) is 2.23. The summed E-state index contributed by atoms with van der Waals surface area (Å²) >= 11 is 0. The van der Waals surface area contributed by atoms with Crippen molar-refractivity contribution in [1.29, 1.82) is 0 Å². The summed E-state index contributed by atoms with van der Waals surface area (Å²) in [5, 5.41) is 8.19. The second kappa shape index (κ2) is 2.41. The number of hydrogen-bond donors (Lipinski definition) is 2. The van der Waals surface area contributed by atoms with Crippen molar-refractivity contribution < 1.29 is 0 Å². The molecule has 2 N–H and O–H groups in total. The van der Waals surface area contributed by atoms with Crippen LogP contribution in [0.2, 0.25) is 0 Å². The minimum atomic E-state index is -0.127. The van der Waals surface area contributed by atoms with E-state index in [2.05, 4.69) is 20.2 Å². The van der Waals surface area contributed by atoms with E-state index < -0.39 is 0 Å². The molecule has 2 aromatic heterocycles. The first-order chi connectivity index (χ1) is 6.86. The van der Waals surface area contributed by atoms with Crippen molar-refractivity contribution >= 4 is 21.8 Å². The van der Waals surface area contributed by atoms with Crippen LogP contribution in [0, 0.1) is 0 Å². The lowest BCUT2D eigenvalue weighted by Crippen LogP contribution is -2.05. The molecule has 5 heteroatoms. The van der Waals surface area contributed by atoms with Gasteiger partial charge in [0.1, 0.15) is 0 Å². The van der Waals surface area contributed by atoms with Crippen LogP contribution in [0.3, 0.4) is 0 Å². The first kappa shape index (κ1) is 7.25. The van der Waals surface area contributed by atoms with Crippen LogP contribution in [0.5, 0.6) is 0 Å². The molecule has 0 aliphatic carbocycles. The Morgan fingerprint density at radius 1 is 1.21 bits per heavy atom. The molecular weight excluding hydrogens is 180 g/mol. The molecule has 0 atom stereocenters. The fourth-order valence-corrected chi connectivity index (χ4v) is 1.56. The first-order valence-electron chi connectivity index (χ1n) is 4.16. The SMILES string of the molecule is O=c1[nH]cnc2c1ccc1[nH]ncc12. The topological polar surface area (TPSA) is 74.4 Å². The van der Waals surface area contributed by atoms with E-state index in [9.17, 15) is 4.79 Å². The molecule has 0 aliphatic heterocycles. The lowest BCUT2D eigenvalue weighted by Gasteiger charge is -1.95. The van der Waals surface area contributed by atoms with Gasteiger partial charge in [-0.2, -0.15) is 5.10 Å². The van der Waals surface area contributed by atoms with Crippen molar-refractivity contribution in [2.24, 2.45) is 0 Å². The predicted molar refractivity (Wildman–Crippen MR) is 52.0 cm³/mol. The summed E-state index contributed by atoms with van der Waals surface area (Å²) in [7, 11) is 0. The second-order valence-electron chi connectivity index (χ2n) is 3.02. The average Bonchev–Trinajstić information content (AvgIpc) is 2.66. The molecule has 0 spiro atoms. The Balaban J connectivity index is 2.71. The maximum atomic E-state index is 11.4. The highest BCUT2D eigenvalue weighted by Gasteiger charge is 2.04. The lowest BCUT2D eigenvalue weighted by atomic mass is 10.2. The molecule has 2 heterocycles. The van der Waals surface area contributed by atoms with Gasteiger partial charge in [-0.1, -0.05) is 0 Å². The van der Waals surface area contributed by atoms with Gasteiger partial charge >= 0.3 is 0 Å². The molecule has 0 radical (unpaired) electrons. The van der Waals surface area contributed by atoms with E-state index >= 15 is 0 Å². The molecule has 14 heavy (non-hydrogen) atoms.